The average Bonchev–Trinajstić information content (AvgIpc) is 3.00. The molecule has 2 aliphatic rings. The molecule has 0 bridgehead atoms. The highest BCUT2D eigenvalue weighted by Crippen LogP contribution is 2.32. The number of ether oxygens (including phenoxy) is 1. The Morgan fingerprint density at radius 1 is 1.07 bits per heavy atom. The maximum Gasteiger partial charge on any atom is 0.278 e. The zero-order valence-electron chi connectivity index (χ0n) is 23.1. The first-order valence-corrected chi connectivity index (χ1v) is 14.0. The first-order chi connectivity index (χ1) is 19.6. The number of rotatable bonds is 7. The zero-order chi connectivity index (χ0) is 27.5. The average molecular weight is 541 g/mol. The fourth-order valence-electron chi connectivity index (χ4n) is 5.55. The predicted molar refractivity (Wildman–Crippen MR) is 159 cm³/mol. The molecule has 10 heteroatoms. The number of anilines is 3. The minimum atomic E-state index is -0.136. The standard InChI is InChI=1S/C30H36N8O2/c1-36-13-15-37(16-14-36)23-10-11-24(26(17-23)40-2)34-30-32-19-25-28(35-30)38(20-21-7-6-12-31-18-21)29(39)27(33-25)22-8-4-3-5-9-22/h3-5,8-11,17,19,21,31H,6-7,12-16,18,20H2,1-2H3,(H,32,34,35). The van der Waals surface area contributed by atoms with Crippen LogP contribution in [-0.2, 0) is 6.54 Å². The van der Waals surface area contributed by atoms with Gasteiger partial charge < -0.3 is 25.2 Å². The van der Waals surface area contributed by atoms with Crippen LogP contribution in [0.4, 0.5) is 17.3 Å². The highest BCUT2D eigenvalue weighted by atomic mass is 16.5. The minimum absolute atomic E-state index is 0.136. The van der Waals surface area contributed by atoms with Crippen molar-refractivity contribution in [3.8, 4) is 17.0 Å². The Hall–Kier alpha value is -4.02. The van der Waals surface area contributed by atoms with Gasteiger partial charge in [0.05, 0.1) is 19.0 Å². The predicted octanol–water partition coefficient (Wildman–Crippen LogP) is 3.36. The number of benzene rings is 2. The van der Waals surface area contributed by atoms with Crippen LogP contribution in [0.2, 0.25) is 0 Å². The number of fused-ring (bicyclic) bond motifs is 1. The van der Waals surface area contributed by atoms with Gasteiger partial charge in [0, 0.05) is 50.0 Å². The second kappa shape index (κ2) is 11.6. The molecule has 40 heavy (non-hydrogen) atoms. The maximum atomic E-state index is 13.8. The van der Waals surface area contributed by atoms with Crippen molar-refractivity contribution in [2.24, 2.45) is 5.92 Å². The molecule has 1 unspecified atom stereocenters. The molecule has 2 aromatic carbocycles. The molecular weight excluding hydrogens is 504 g/mol. The zero-order valence-corrected chi connectivity index (χ0v) is 23.1. The SMILES string of the molecule is COc1cc(N2CCN(C)CC2)ccc1Nc1ncc2nc(-c3ccccc3)c(=O)n(CC3CCCNC3)c2n1. The number of methoxy groups -OCH3 is 1. The fourth-order valence-corrected chi connectivity index (χ4v) is 5.55. The van der Waals surface area contributed by atoms with Crippen molar-refractivity contribution in [3.05, 3.63) is 65.1 Å². The third-order valence-corrected chi connectivity index (χ3v) is 7.87. The number of aromatic nitrogens is 4. The highest BCUT2D eigenvalue weighted by molar-refractivity contribution is 5.76. The summed E-state index contributed by atoms with van der Waals surface area (Å²) in [7, 11) is 3.82. The number of piperazine rings is 1. The summed E-state index contributed by atoms with van der Waals surface area (Å²) in [6, 6.07) is 15.7. The van der Waals surface area contributed by atoms with Crippen molar-refractivity contribution in [2.75, 3.05) is 63.6 Å². The number of hydrogen-bond donors (Lipinski definition) is 2. The van der Waals surface area contributed by atoms with E-state index in [9.17, 15) is 4.79 Å². The second-order valence-corrected chi connectivity index (χ2v) is 10.7. The first kappa shape index (κ1) is 26.2. The van der Waals surface area contributed by atoms with Crippen molar-refractivity contribution >= 4 is 28.5 Å². The minimum Gasteiger partial charge on any atom is -0.494 e. The van der Waals surface area contributed by atoms with Crippen molar-refractivity contribution in [1.29, 1.82) is 0 Å². The van der Waals surface area contributed by atoms with Crippen molar-refractivity contribution < 1.29 is 4.74 Å². The van der Waals surface area contributed by atoms with Gasteiger partial charge in [-0.25, -0.2) is 9.97 Å². The van der Waals surface area contributed by atoms with Crippen LogP contribution in [0, 0.1) is 5.92 Å². The van der Waals surface area contributed by atoms with Crippen LogP contribution < -0.4 is 25.8 Å². The molecule has 2 aliphatic heterocycles. The summed E-state index contributed by atoms with van der Waals surface area (Å²) in [5.74, 6) is 1.44. The maximum absolute atomic E-state index is 13.8. The van der Waals surface area contributed by atoms with Crippen LogP contribution in [0.1, 0.15) is 12.8 Å². The third-order valence-electron chi connectivity index (χ3n) is 7.87. The number of hydrogen-bond acceptors (Lipinski definition) is 9. The third kappa shape index (κ3) is 5.50. The summed E-state index contributed by atoms with van der Waals surface area (Å²) >= 11 is 0. The number of nitrogens with one attached hydrogen (secondary N) is 2. The van der Waals surface area contributed by atoms with E-state index >= 15 is 0 Å². The van der Waals surface area contributed by atoms with Crippen molar-refractivity contribution in [2.45, 2.75) is 19.4 Å². The molecular formula is C30H36N8O2. The van der Waals surface area contributed by atoms with Gasteiger partial charge in [0.2, 0.25) is 5.95 Å². The molecule has 0 saturated carbocycles. The Kier molecular flexibility index (Phi) is 7.61. The van der Waals surface area contributed by atoms with Crippen LogP contribution in [-0.4, -0.2) is 77.8 Å². The fraction of sp³-hybridized carbons (Fsp3) is 0.400. The summed E-state index contributed by atoms with van der Waals surface area (Å²) < 4.78 is 7.52. The number of nitrogens with zero attached hydrogens (tertiary/aromatic N) is 6. The molecule has 0 spiro atoms. The van der Waals surface area contributed by atoms with Gasteiger partial charge in [-0.2, -0.15) is 4.98 Å². The molecule has 6 rings (SSSR count). The van der Waals surface area contributed by atoms with Crippen molar-refractivity contribution in [1.82, 2.24) is 29.7 Å². The molecule has 2 aromatic heterocycles. The summed E-state index contributed by atoms with van der Waals surface area (Å²) in [5, 5.41) is 6.78. The van der Waals surface area contributed by atoms with Gasteiger partial charge in [-0.3, -0.25) is 9.36 Å². The van der Waals surface area contributed by atoms with E-state index in [2.05, 4.69) is 38.5 Å². The van der Waals surface area contributed by atoms with Crippen LogP contribution >= 0.6 is 0 Å². The normalized spacial score (nSPS) is 18.1. The van der Waals surface area contributed by atoms with Crippen LogP contribution in [0.25, 0.3) is 22.4 Å². The Morgan fingerprint density at radius 2 is 1.90 bits per heavy atom. The lowest BCUT2D eigenvalue weighted by molar-refractivity contribution is 0.312. The summed E-state index contributed by atoms with van der Waals surface area (Å²) in [4.78, 5) is 32.6. The van der Waals surface area contributed by atoms with E-state index in [0.29, 0.717) is 41.0 Å². The van der Waals surface area contributed by atoms with Gasteiger partial charge in [0.15, 0.2) is 5.65 Å². The molecule has 208 valence electrons. The first-order valence-electron chi connectivity index (χ1n) is 14.0. The van der Waals surface area contributed by atoms with Crippen LogP contribution in [0.5, 0.6) is 5.75 Å². The van der Waals surface area contributed by atoms with Gasteiger partial charge in [0.1, 0.15) is 17.0 Å². The van der Waals surface area contributed by atoms with Gasteiger partial charge in [-0.1, -0.05) is 30.3 Å². The Morgan fingerprint density at radius 3 is 2.65 bits per heavy atom. The molecule has 10 nitrogen and oxygen atoms in total. The van der Waals surface area contributed by atoms with Gasteiger partial charge in [-0.05, 0) is 51.0 Å². The van der Waals surface area contributed by atoms with E-state index < -0.39 is 0 Å². The van der Waals surface area contributed by atoms with E-state index in [1.165, 1.54) is 0 Å². The molecule has 2 N–H and O–H groups in total. The molecule has 0 amide bonds. The number of piperidine rings is 1. The Balaban J connectivity index is 1.35. The van der Waals surface area contributed by atoms with Gasteiger partial charge in [0.25, 0.3) is 5.56 Å². The van der Waals surface area contributed by atoms with Gasteiger partial charge in [-0.15, -0.1) is 0 Å². The monoisotopic (exact) mass is 540 g/mol. The second-order valence-electron chi connectivity index (χ2n) is 10.7. The van der Waals surface area contributed by atoms with E-state index in [-0.39, 0.29) is 5.56 Å². The van der Waals surface area contributed by atoms with E-state index in [0.717, 1.165) is 69.0 Å². The largest absolute Gasteiger partial charge is 0.494 e. The van der Waals surface area contributed by atoms with Crippen LogP contribution in [0.15, 0.2) is 59.5 Å². The van der Waals surface area contributed by atoms with Crippen molar-refractivity contribution in [3.63, 3.8) is 0 Å². The smallest absolute Gasteiger partial charge is 0.278 e. The molecule has 1 atom stereocenters. The lowest BCUT2D eigenvalue weighted by Gasteiger charge is -2.34. The Labute approximate surface area is 234 Å². The lowest BCUT2D eigenvalue weighted by Crippen LogP contribution is -2.44. The summed E-state index contributed by atoms with van der Waals surface area (Å²) in [6.45, 7) is 6.49. The summed E-state index contributed by atoms with van der Waals surface area (Å²) in [5.41, 5.74) is 4.08. The Bertz CT molecular complexity index is 1530. The molecule has 4 heterocycles. The lowest BCUT2D eigenvalue weighted by atomic mass is 9.99. The van der Waals surface area contributed by atoms with E-state index in [1.54, 1.807) is 17.9 Å². The van der Waals surface area contributed by atoms with E-state index in [4.69, 9.17) is 14.7 Å². The molecule has 2 saturated heterocycles. The van der Waals surface area contributed by atoms with E-state index in [1.807, 2.05) is 42.5 Å². The highest BCUT2D eigenvalue weighted by Gasteiger charge is 2.21. The number of likely N-dealkylation sites (N-methyl/N-ethyl adjacent to an activating group) is 1. The van der Waals surface area contributed by atoms with Gasteiger partial charge >= 0.3 is 0 Å². The summed E-state index contributed by atoms with van der Waals surface area (Å²) in [6.07, 6.45) is 3.86. The quantitative estimate of drug-likeness (QED) is 0.366. The molecule has 0 radical (unpaired) electrons. The molecule has 2 fully saturated rings. The molecule has 4 aromatic rings. The van der Waals surface area contributed by atoms with Crippen LogP contribution in [0.3, 0.4) is 0 Å². The topological polar surface area (TPSA) is 100 Å². The molecule has 0 aliphatic carbocycles.